The molecule has 6 N–H and O–H groups in total. The van der Waals surface area contributed by atoms with Gasteiger partial charge in [-0.25, -0.2) is 19.3 Å². The molecule has 5 aromatic rings. The zero-order valence-corrected chi connectivity index (χ0v) is 28.5. The van der Waals surface area contributed by atoms with Gasteiger partial charge in [-0.2, -0.15) is 0 Å². The summed E-state index contributed by atoms with van der Waals surface area (Å²) in [5, 5.41) is 28.7. The van der Waals surface area contributed by atoms with Crippen molar-refractivity contribution in [3.8, 4) is 22.9 Å². The SMILES string of the molecule is COc1ccc2c(Oc3ccc(NC(=O)c4c(C)n(C[C@@H](C)[C@](C)(N)C(=O)O)n(-c5ccccc5)c4=O)nc3)ccnc2c1.O=C(O)C=CC(=O)O. The predicted molar refractivity (Wildman–Crippen MR) is 189 cm³/mol. The van der Waals surface area contributed by atoms with Crippen molar-refractivity contribution in [3.63, 3.8) is 0 Å². The van der Waals surface area contributed by atoms with Crippen molar-refractivity contribution in [1.82, 2.24) is 19.3 Å². The Hall–Kier alpha value is -6.81. The number of benzene rings is 2. The number of pyridine rings is 2. The number of carboxylic acid groups (broad SMARTS) is 3. The molecule has 5 rings (SSSR count). The third-order valence-electron chi connectivity index (χ3n) is 8.04. The van der Waals surface area contributed by atoms with Crippen molar-refractivity contribution in [1.29, 1.82) is 0 Å². The molecule has 0 aliphatic carbocycles. The first-order valence-corrected chi connectivity index (χ1v) is 15.6. The lowest BCUT2D eigenvalue weighted by atomic mass is 9.88. The van der Waals surface area contributed by atoms with Crippen LogP contribution in [0.1, 0.15) is 29.9 Å². The zero-order valence-electron chi connectivity index (χ0n) is 28.5. The molecule has 0 aliphatic rings. The first kappa shape index (κ1) is 38.0. The Balaban J connectivity index is 0.000000677. The van der Waals surface area contributed by atoms with E-state index < -0.39 is 40.8 Å². The van der Waals surface area contributed by atoms with Crippen LogP contribution in [0.5, 0.6) is 17.2 Å². The second-order valence-corrected chi connectivity index (χ2v) is 11.6. The summed E-state index contributed by atoms with van der Waals surface area (Å²) < 4.78 is 14.2. The van der Waals surface area contributed by atoms with E-state index in [1.54, 1.807) is 80.4 Å². The number of nitrogens with two attached hydrogens (primary N) is 1. The van der Waals surface area contributed by atoms with Crippen LogP contribution in [0.3, 0.4) is 0 Å². The summed E-state index contributed by atoms with van der Waals surface area (Å²) in [6, 6.07) is 19.2. The maximum atomic E-state index is 13.7. The van der Waals surface area contributed by atoms with Crippen LogP contribution in [0, 0.1) is 12.8 Å². The molecular formula is C36H36N6O10. The van der Waals surface area contributed by atoms with Gasteiger partial charge in [0.2, 0.25) is 0 Å². The van der Waals surface area contributed by atoms with Crippen molar-refractivity contribution in [3.05, 3.63) is 113 Å². The van der Waals surface area contributed by atoms with Gasteiger partial charge in [0.15, 0.2) is 0 Å². The molecule has 270 valence electrons. The highest BCUT2D eigenvalue weighted by Crippen LogP contribution is 2.31. The third-order valence-corrected chi connectivity index (χ3v) is 8.04. The second-order valence-electron chi connectivity index (χ2n) is 11.6. The Bertz CT molecular complexity index is 2180. The van der Waals surface area contributed by atoms with E-state index in [2.05, 4.69) is 15.3 Å². The fourth-order valence-corrected chi connectivity index (χ4v) is 4.90. The van der Waals surface area contributed by atoms with Crippen molar-refractivity contribution >= 4 is 40.5 Å². The van der Waals surface area contributed by atoms with E-state index in [1.165, 1.54) is 17.8 Å². The number of hydrogen-bond acceptors (Lipinski definition) is 10. The van der Waals surface area contributed by atoms with Crippen LogP contribution < -0.4 is 26.1 Å². The van der Waals surface area contributed by atoms with Gasteiger partial charge < -0.3 is 35.8 Å². The number of carboxylic acids is 3. The summed E-state index contributed by atoms with van der Waals surface area (Å²) in [4.78, 5) is 66.7. The normalized spacial score (nSPS) is 12.6. The van der Waals surface area contributed by atoms with Crippen molar-refractivity contribution in [2.45, 2.75) is 32.9 Å². The van der Waals surface area contributed by atoms with Gasteiger partial charge in [0.25, 0.3) is 11.5 Å². The maximum Gasteiger partial charge on any atom is 0.328 e. The summed E-state index contributed by atoms with van der Waals surface area (Å²) in [5.41, 5.74) is 5.43. The first-order chi connectivity index (χ1) is 24.6. The number of para-hydroxylation sites is 1. The Morgan fingerprint density at radius 2 is 1.62 bits per heavy atom. The molecule has 16 heteroatoms. The monoisotopic (exact) mass is 712 g/mol. The molecule has 3 heterocycles. The summed E-state index contributed by atoms with van der Waals surface area (Å²) >= 11 is 0. The molecule has 0 bridgehead atoms. The van der Waals surface area contributed by atoms with E-state index in [9.17, 15) is 29.1 Å². The van der Waals surface area contributed by atoms with Gasteiger partial charge in [0, 0.05) is 42.3 Å². The fourth-order valence-electron chi connectivity index (χ4n) is 4.90. The van der Waals surface area contributed by atoms with Gasteiger partial charge >= 0.3 is 17.9 Å². The van der Waals surface area contributed by atoms with E-state index in [0.29, 0.717) is 46.3 Å². The van der Waals surface area contributed by atoms with Crippen LogP contribution in [-0.2, 0) is 20.9 Å². The van der Waals surface area contributed by atoms with Gasteiger partial charge in [-0.05, 0) is 56.3 Å². The average Bonchev–Trinajstić information content (AvgIpc) is 3.36. The highest BCUT2D eigenvalue weighted by molar-refractivity contribution is 6.04. The second kappa shape index (κ2) is 16.3. The van der Waals surface area contributed by atoms with Crippen LogP contribution >= 0.6 is 0 Å². The zero-order chi connectivity index (χ0) is 38.2. The van der Waals surface area contributed by atoms with Gasteiger partial charge in [-0.3, -0.25) is 24.0 Å². The molecule has 0 saturated heterocycles. The number of rotatable bonds is 12. The van der Waals surface area contributed by atoms with E-state index in [1.807, 2.05) is 18.2 Å². The Labute approximate surface area is 296 Å². The lowest BCUT2D eigenvalue weighted by molar-refractivity contribution is -0.144. The molecule has 1 amide bonds. The van der Waals surface area contributed by atoms with E-state index in [-0.39, 0.29) is 17.9 Å². The minimum absolute atomic E-state index is 0.0727. The number of amides is 1. The number of nitrogens with zero attached hydrogens (tertiary/aromatic N) is 4. The van der Waals surface area contributed by atoms with E-state index >= 15 is 0 Å². The predicted octanol–water partition coefficient (Wildman–Crippen LogP) is 4.09. The average molecular weight is 713 g/mol. The van der Waals surface area contributed by atoms with E-state index in [0.717, 1.165) is 5.39 Å². The number of ether oxygens (including phenoxy) is 2. The maximum absolute atomic E-state index is 13.7. The molecule has 3 aromatic heterocycles. The van der Waals surface area contributed by atoms with Gasteiger partial charge in [0.1, 0.15) is 34.2 Å². The molecule has 0 saturated carbocycles. The van der Waals surface area contributed by atoms with Crippen LogP contribution in [0.15, 0.2) is 96.1 Å². The number of aromatic nitrogens is 4. The summed E-state index contributed by atoms with van der Waals surface area (Å²) in [6.45, 7) is 4.82. The van der Waals surface area contributed by atoms with E-state index in [4.69, 9.17) is 25.4 Å². The Morgan fingerprint density at radius 1 is 0.962 bits per heavy atom. The number of carbonyl (C=O) groups is 4. The highest BCUT2D eigenvalue weighted by Gasteiger charge is 2.36. The van der Waals surface area contributed by atoms with Crippen molar-refractivity contribution in [2.24, 2.45) is 11.7 Å². The largest absolute Gasteiger partial charge is 0.497 e. The minimum atomic E-state index is -1.57. The molecule has 16 nitrogen and oxygen atoms in total. The van der Waals surface area contributed by atoms with Crippen LogP contribution in [-0.4, -0.2) is 71.1 Å². The van der Waals surface area contributed by atoms with Gasteiger partial charge in [-0.1, -0.05) is 25.1 Å². The summed E-state index contributed by atoms with van der Waals surface area (Å²) in [6.07, 6.45) is 4.21. The molecule has 52 heavy (non-hydrogen) atoms. The molecule has 2 aromatic carbocycles. The lowest BCUT2D eigenvalue weighted by Gasteiger charge is -2.28. The number of anilines is 1. The number of methoxy groups -OCH3 is 1. The third kappa shape index (κ3) is 8.85. The number of hydrogen-bond donors (Lipinski definition) is 5. The minimum Gasteiger partial charge on any atom is -0.497 e. The molecule has 0 aliphatic heterocycles. The number of carbonyl (C=O) groups excluding carboxylic acids is 1. The van der Waals surface area contributed by atoms with Crippen molar-refractivity contribution < 1.29 is 44.0 Å². The molecular weight excluding hydrogens is 676 g/mol. The van der Waals surface area contributed by atoms with Gasteiger partial charge in [-0.15, -0.1) is 0 Å². The lowest BCUT2D eigenvalue weighted by Crippen LogP contribution is -2.52. The number of nitrogens with one attached hydrogen (secondary N) is 1. The first-order valence-electron chi connectivity index (χ1n) is 15.6. The van der Waals surface area contributed by atoms with Gasteiger partial charge in [0.05, 0.1) is 30.2 Å². The van der Waals surface area contributed by atoms with Crippen LogP contribution in [0.4, 0.5) is 5.82 Å². The number of aliphatic carboxylic acids is 3. The van der Waals surface area contributed by atoms with Crippen molar-refractivity contribution in [2.75, 3.05) is 12.4 Å². The summed E-state index contributed by atoms with van der Waals surface area (Å²) in [5.74, 6) is -3.05. The fraction of sp³-hybridized carbons (Fsp3) is 0.194. The standard InChI is InChI=1S/C32H32N6O6.C4H4O4/c1-19(32(3,33)31(41)42)18-37-20(2)28(30(40)38(37)21-8-6-5-7-9-21)29(39)36-27-13-11-23(17-35-27)44-26-14-15-34-25-16-22(43-4)10-12-24(25)26;5-3(6)1-2-4(7)8/h5-17,19H,18,33H2,1-4H3,(H,41,42)(H,35,36,39);1-2H,(H,5,6)(H,7,8)/t19-,32+;/m1./s1. The number of fused-ring (bicyclic) bond motifs is 1. The molecule has 2 atom stereocenters. The van der Waals surface area contributed by atoms with Crippen LogP contribution in [0.25, 0.3) is 16.6 Å². The molecule has 0 unspecified atom stereocenters. The summed E-state index contributed by atoms with van der Waals surface area (Å²) in [7, 11) is 1.59. The molecule has 0 spiro atoms. The topological polar surface area (TPSA) is 238 Å². The smallest absolute Gasteiger partial charge is 0.328 e. The highest BCUT2D eigenvalue weighted by atomic mass is 16.5. The Kier molecular flexibility index (Phi) is 11.9. The quantitative estimate of drug-likeness (QED) is 0.115. The molecule has 0 radical (unpaired) electrons. The Morgan fingerprint density at radius 3 is 2.19 bits per heavy atom. The van der Waals surface area contributed by atoms with Crippen LogP contribution in [0.2, 0.25) is 0 Å². The molecule has 0 fully saturated rings.